The van der Waals surface area contributed by atoms with Gasteiger partial charge in [-0.05, 0) is 18.6 Å². The molecule has 0 aromatic carbocycles. The Labute approximate surface area is 124 Å². The number of anilines is 1. The lowest BCUT2D eigenvalue weighted by Gasteiger charge is -2.32. The molecule has 0 saturated carbocycles. The normalized spacial score (nSPS) is 25.2. The second-order valence-electron chi connectivity index (χ2n) is 5.37. The van der Waals surface area contributed by atoms with Crippen molar-refractivity contribution in [3.8, 4) is 0 Å². The van der Waals surface area contributed by atoms with E-state index in [1.165, 1.54) is 18.3 Å². The van der Waals surface area contributed by atoms with Crippen molar-refractivity contribution < 1.29 is 13.2 Å². The van der Waals surface area contributed by atoms with Crippen molar-refractivity contribution in [2.24, 2.45) is 0 Å². The average molecular weight is 312 g/mol. The maximum atomic E-state index is 12.6. The number of nitrogens with two attached hydrogens (primary N) is 1. The predicted molar refractivity (Wildman–Crippen MR) is 78.2 cm³/mol. The highest BCUT2D eigenvalue weighted by molar-refractivity contribution is 7.89. The quantitative estimate of drug-likeness (QED) is 0.828. The van der Waals surface area contributed by atoms with E-state index >= 15 is 0 Å². The van der Waals surface area contributed by atoms with E-state index in [4.69, 9.17) is 10.5 Å². The first-order chi connectivity index (χ1) is 10.1. The highest BCUT2D eigenvalue weighted by Gasteiger charge is 2.35. The summed E-state index contributed by atoms with van der Waals surface area (Å²) in [4.78, 5) is 6.40. The van der Waals surface area contributed by atoms with Crippen LogP contribution in [0.2, 0.25) is 0 Å². The third-order valence-corrected chi connectivity index (χ3v) is 5.93. The number of morpholine rings is 1. The second-order valence-corrected chi connectivity index (χ2v) is 7.31. The van der Waals surface area contributed by atoms with Crippen LogP contribution in [0.25, 0.3) is 0 Å². The molecule has 2 N–H and O–H groups in total. The van der Waals surface area contributed by atoms with E-state index in [-0.39, 0.29) is 10.9 Å². The molecule has 1 atom stereocenters. The fourth-order valence-corrected chi connectivity index (χ4v) is 4.30. The van der Waals surface area contributed by atoms with E-state index in [2.05, 4.69) is 9.88 Å². The van der Waals surface area contributed by atoms with Gasteiger partial charge in [-0.15, -0.1) is 0 Å². The molecule has 2 fully saturated rings. The third kappa shape index (κ3) is 3.03. The van der Waals surface area contributed by atoms with Crippen LogP contribution in [0.3, 0.4) is 0 Å². The van der Waals surface area contributed by atoms with Crippen LogP contribution in [0.4, 0.5) is 5.82 Å². The Morgan fingerprint density at radius 1 is 1.24 bits per heavy atom. The fraction of sp³-hybridized carbons (Fsp3) is 0.615. The Bertz CT molecular complexity index is 584. The Balaban J connectivity index is 1.71. The van der Waals surface area contributed by atoms with Crippen LogP contribution in [-0.4, -0.2) is 68.0 Å². The molecule has 0 aliphatic carbocycles. The summed E-state index contributed by atoms with van der Waals surface area (Å²) >= 11 is 0. The minimum absolute atomic E-state index is 0.208. The SMILES string of the molecule is Nc1ccc(S(=O)(=O)N2CCC(N3CCOCC3)C2)cn1. The van der Waals surface area contributed by atoms with E-state index in [1.807, 2.05) is 0 Å². The van der Waals surface area contributed by atoms with Gasteiger partial charge in [0, 0.05) is 38.4 Å². The molecule has 1 unspecified atom stereocenters. The molecule has 3 heterocycles. The van der Waals surface area contributed by atoms with Gasteiger partial charge in [-0.2, -0.15) is 4.31 Å². The first-order valence-corrected chi connectivity index (χ1v) is 8.55. The van der Waals surface area contributed by atoms with Crippen LogP contribution in [-0.2, 0) is 14.8 Å². The number of nitrogen functional groups attached to an aromatic ring is 1. The topological polar surface area (TPSA) is 88.8 Å². The zero-order chi connectivity index (χ0) is 14.9. The van der Waals surface area contributed by atoms with Gasteiger partial charge in [-0.25, -0.2) is 13.4 Å². The van der Waals surface area contributed by atoms with Gasteiger partial charge < -0.3 is 10.5 Å². The smallest absolute Gasteiger partial charge is 0.244 e. The molecule has 1 aromatic rings. The lowest BCUT2D eigenvalue weighted by atomic mass is 10.2. The summed E-state index contributed by atoms with van der Waals surface area (Å²) < 4.78 is 32.0. The van der Waals surface area contributed by atoms with Gasteiger partial charge in [-0.3, -0.25) is 4.90 Å². The van der Waals surface area contributed by atoms with Gasteiger partial charge in [0.05, 0.1) is 13.2 Å². The summed E-state index contributed by atoms with van der Waals surface area (Å²) in [5.41, 5.74) is 5.50. The van der Waals surface area contributed by atoms with Crippen LogP contribution >= 0.6 is 0 Å². The minimum Gasteiger partial charge on any atom is -0.384 e. The number of ether oxygens (including phenoxy) is 1. The first-order valence-electron chi connectivity index (χ1n) is 7.11. The van der Waals surface area contributed by atoms with E-state index in [0.717, 1.165) is 32.7 Å². The fourth-order valence-electron chi connectivity index (χ4n) is 2.86. The number of rotatable bonds is 3. The summed E-state index contributed by atoms with van der Waals surface area (Å²) in [5.74, 6) is 0.321. The zero-order valence-corrected chi connectivity index (χ0v) is 12.6. The average Bonchev–Trinajstić information content (AvgIpc) is 2.99. The van der Waals surface area contributed by atoms with Crippen LogP contribution in [0.5, 0.6) is 0 Å². The van der Waals surface area contributed by atoms with Crippen molar-refractivity contribution in [3.05, 3.63) is 18.3 Å². The monoisotopic (exact) mass is 312 g/mol. The Morgan fingerprint density at radius 3 is 2.67 bits per heavy atom. The molecule has 7 nitrogen and oxygen atoms in total. The lowest BCUT2D eigenvalue weighted by Crippen LogP contribution is -2.45. The van der Waals surface area contributed by atoms with Crippen molar-refractivity contribution in [1.82, 2.24) is 14.2 Å². The van der Waals surface area contributed by atoms with Crippen molar-refractivity contribution in [2.45, 2.75) is 17.4 Å². The van der Waals surface area contributed by atoms with E-state index in [1.54, 1.807) is 4.31 Å². The molecule has 2 aliphatic heterocycles. The highest BCUT2D eigenvalue weighted by atomic mass is 32.2. The largest absolute Gasteiger partial charge is 0.384 e. The standard InChI is InChI=1S/C13H20N4O3S/c14-13-2-1-12(9-15-13)21(18,19)17-4-3-11(10-17)16-5-7-20-8-6-16/h1-2,9,11H,3-8,10H2,(H2,14,15). The number of pyridine rings is 1. The van der Waals surface area contributed by atoms with Crippen LogP contribution in [0, 0.1) is 0 Å². The molecule has 0 amide bonds. The Kier molecular flexibility index (Phi) is 4.12. The summed E-state index contributed by atoms with van der Waals surface area (Å²) in [6.07, 6.45) is 2.19. The van der Waals surface area contributed by atoms with Gasteiger partial charge in [0.1, 0.15) is 10.7 Å². The Morgan fingerprint density at radius 2 is 2.00 bits per heavy atom. The number of nitrogens with zero attached hydrogens (tertiary/aromatic N) is 3. The van der Waals surface area contributed by atoms with Crippen LogP contribution < -0.4 is 5.73 Å². The second kappa shape index (κ2) is 5.88. The molecule has 21 heavy (non-hydrogen) atoms. The van der Waals surface area contributed by atoms with Crippen LogP contribution in [0.1, 0.15) is 6.42 Å². The highest BCUT2D eigenvalue weighted by Crippen LogP contribution is 2.24. The van der Waals surface area contributed by atoms with Crippen molar-refractivity contribution in [1.29, 1.82) is 0 Å². The number of sulfonamides is 1. The Hall–Kier alpha value is -1.22. The minimum atomic E-state index is -3.47. The molecular weight excluding hydrogens is 292 g/mol. The number of hydrogen-bond acceptors (Lipinski definition) is 6. The molecule has 0 radical (unpaired) electrons. The lowest BCUT2D eigenvalue weighted by molar-refractivity contribution is 0.0197. The predicted octanol–water partition coefficient (Wildman–Crippen LogP) is -0.241. The van der Waals surface area contributed by atoms with Crippen molar-refractivity contribution in [3.63, 3.8) is 0 Å². The van der Waals surface area contributed by atoms with Gasteiger partial charge in [-0.1, -0.05) is 0 Å². The van der Waals surface area contributed by atoms with Crippen LogP contribution in [0.15, 0.2) is 23.2 Å². The molecule has 3 rings (SSSR count). The molecule has 0 spiro atoms. The summed E-state index contributed by atoms with van der Waals surface area (Å²) in [5, 5.41) is 0. The van der Waals surface area contributed by atoms with Gasteiger partial charge >= 0.3 is 0 Å². The number of aromatic nitrogens is 1. The molecule has 2 saturated heterocycles. The molecule has 1 aromatic heterocycles. The molecule has 116 valence electrons. The molecule has 2 aliphatic rings. The maximum absolute atomic E-state index is 12.6. The van der Waals surface area contributed by atoms with Crippen molar-refractivity contribution in [2.75, 3.05) is 45.1 Å². The van der Waals surface area contributed by atoms with Crippen molar-refractivity contribution >= 4 is 15.8 Å². The first kappa shape index (κ1) is 14.7. The van der Waals surface area contributed by atoms with Gasteiger partial charge in [0.25, 0.3) is 0 Å². The van der Waals surface area contributed by atoms with E-state index in [0.29, 0.717) is 18.9 Å². The zero-order valence-electron chi connectivity index (χ0n) is 11.8. The molecular formula is C13H20N4O3S. The molecule has 0 bridgehead atoms. The summed E-state index contributed by atoms with van der Waals surface area (Å²) in [6.45, 7) is 4.29. The maximum Gasteiger partial charge on any atom is 0.244 e. The summed E-state index contributed by atoms with van der Waals surface area (Å²) in [7, 11) is -3.47. The summed E-state index contributed by atoms with van der Waals surface area (Å²) in [6, 6.07) is 3.31. The number of hydrogen-bond donors (Lipinski definition) is 1. The van der Waals surface area contributed by atoms with E-state index in [9.17, 15) is 8.42 Å². The van der Waals surface area contributed by atoms with E-state index < -0.39 is 10.0 Å². The van der Waals surface area contributed by atoms with Gasteiger partial charge in [0.15, 0.2) is 0 Å². The van der Waals surface area contributed by atoms with Gasteiger partial charge in [0.2, 0.25) is 10.0 Å². The molecule has 8 heteroatoms. The third-order valence-electron chi connectivity index (χ3n) is 4.09.